The monoisotopic (exact) mass is 204 g/mol. The number of amides is 1. The maximum atomic E-state index is 11.7. The summed E-state index contributed by atoms with van der Waals surface area (Å²) < 4.78 is 1.90. The third-order valence-electron chi connectivity index (χ3n) is 2.33. The molecule has 15 heavy (non-hydrogen) atoms. The predicted octanol–water partition coefficient (Wildman–Crippen LogP) is 1.57. The van der Waals surface area contributed by atoms with Crippen molar-refractivity contribution in [2.75, 3.05) is 14.2 Å². The maximum absolute atomic E-state index is 11.7. The Kier molecular flexibility index (Phi) is 2.43. The zero-order valence-electron chi connectivity index (χ0n) is 8.68. The van der Waals surface area contributed by atoms with Gasteiger partial charge in [-0.15, -0.1) is 0 Å². The molecule has 0 N–H and O–H groups in total. The molecule has 0 unspecified atom stereocenters. The van der Waals surface area contributed by atoms with Gasteiger partial charge < -0.3 is 4.40 Å². The third-order valence-corrected chi connectivity index (χ3v) is 2.33. The van der Waals surface area contributed by atoms with E-state index in [1.165, 1.54) is 12.2 Å². The van der Waals surface area contributed by atoms with Gasteiger partial charge in [-0.05, 0) is 24.3 Å². The second-order valence-electron chi connectivity index (χ2n) is 3.24. The molecule has 4 heteroatoms. The molecule has 1 amide bonds. The number of hydroxylamine groups is 2. The van der Waals surface area contributed by atoms with E-state index in [9.17, 15) is 4.79 Å². The van der Waals surface area contributed by atoms with Gasteiger partial charge in [0.2, 0.25) is 0 Å². The molecule has 0 bridgehead atoms. The minimum atomic E-state index is -0.159. The minimum absolute atomic E-state index is 0.159. The highest BCUT2D eigenvalue weighted by Gasteiger charge is 2.11. The van der Waals surface area contributed by atoms with Crippen LogP contribution in [0.3, 0.4) is 0 Å². The molecule has 78 valence electrons. The first-order chi connectivity index (χ1) is 7.22. The van der Waals surface area contributed by atoms with E-state index in [0.29, 0.717) is 5.56 Å². The quantitative estimate of drug-likeness (QED) is 0.696. The van der Waals surface area contributed by atoms with Crippen LogP contribution < -0.4 is 0 Å². The van der Waals surface area contributed by atoms with Crippen LogP contribution in [0.15, 0.2) is 36.7 Å². The summed E-state index contributed by atoms with van der Waals surface area (Å²) in [6.07, 6.45) is 3.69. The molecular formula is C11H12N2O2. The zero-order chi connectivity index (χ0) is 10.8. The summed E-state index contributed by atoms with van der Waals surface area (Å²) in [6, 6.07) is 7.60. The molecule has 0 fully saturated rings. The number of hydrogen-bond donors (Lipinski definition) is 0. The van der Waals surface area contributed by atoms with E-state index in [1.54, 1.807) is 19.3 Å². The summed E-state index contributed by atoms with van der Waals surface area (Å²) in [7, 11) is 3.05. The second kappa shape index (κ2) is 3.74. The molecule has 0 aliphatic carbocycles. The van der Waals surface area contributed by atoms with Gasteiger partial charge in [-0.2, -0.15) is 0 Å². The number of nitrogens with zero attached hydrogens (tertiary/aromatic N) is 2. The lowest BCUT2D eigenvalue weighted by Crippen LogP contribution is -2.25. The molecule has 0 radical (unpaired) electrons. The normalized spacial score (nSPS) is 10.5. The summed E-state index contributed by atoms with van der Waals surface area (Å²) in [4.78, 5) is 16.6. The van der Waals surface area contributed by atoms with Crippen LogP contribution >= 0.6 is 0 Å². The first-order valence-electron chi connectivity index (χ1n) is 4.61. The van der Waals surface area contributed by atoms with Crippen molar-refractivity contribution in [2.24, 2.45) is 0 Å². The van der Waals surface area contributed by atoms with Crippen LogP contribution in [0, 0.1) is 0 Å². The van der Waals surface area contributed by atoms with E-state index in [0.717, 1.165) is 5.52 Å². The van der Waals surface area contributed by atoms with Crippen LogP contribution in [0.5, 0.6) is 0 Å². The maximum Gasteiger partial charge on any atom is 0.278 e. The predicted molar refractivity (Wildman–Crippen MR) is 56.5 cm³/mol. The van der Waals surface area contributed by atoms with E-state index in [4.69, 9.17) is 4.84 Å². The van der Waals surface area contributed by atoms with E-state index in [2.05, 4.69) is 0 Å². The SMILES string of the molecule is CON(C)C(=O)c1ccc2cccn2c1. The van der Waals surface area contributed by atoms with Crippen LogP contribution in [-0.4, -0.2) is 29.5 Å². The van der Waals surface area contributed by atoms with Gasteiger partial charge in [0.05, 0.1) is 12.7 Å². The summed E-state index contributed by atoms with van der Waals surface area (Å²) in [6.45, 7) is 0. The Labute approximate surface area is 87.6 Å². The Bertz CT molecular complexity index is 490. The lowest BCUT2D eigenvalue weighted by Gasteiger charge is -2.13. The zero-order valence-corrected chi connectivity index (χ0v) is 8.68. The number of pyridine rings is 1. The molecular weight excluding hydrogens is 192 g/mol. The van der Waals surface area contributed by atoms with E-state index in [1.807, 2.05) is 28.8 Å². The molecule has 0 aromatic carbocycles. The molecule has 0 aliphatic heterocycles. The number of aromatic nitrogens is 1. The fraction of sp³-hybridized carbons (Fsp3) is 0.182. The van der Waals surface area contributed by atoms with Gasteiger partial charge in [-0.1, -0.05) is 0 Å². The standard InChI is InChI=1S/C11H12N2O2/c1-12(15-2)11(14)9-5-6-10-4-3-7-13(10)8-9/h3-8H,1-2H3. The van der Waals surface area contributed by atoms with E-state index in [-0.39, 0.29) is 5.91 Å². The molecule has 2 rings (SSSR count). The van der Waals surface area contributed by atoms with E-state index < -0.39 is 0 Å². The first kappa shape index (κ1) is 9.73. The number of hydrogen-bond acceptors (Lipinski definition) is 2. The molecule has 4 nitrogen and oxygen atoms in total. The van der Waals surface area contributed by atoms with Gasteiger partial charge in [-0.3, -0.25) is 9.63 Å². The molecule has 2 heterocycles. The molecule has 2 aromatic heterocycles. The first-order valence-corrected chi connectivity index (χ1v) is 4.61. The van der Waals surface area contributed by atoms with Gasteiger partial charge in [0.1, 0.15) is 0 Å². The molecule has 2 aromatic rings. The van der Waals surface area contributed by atoms with Crippen molar-refractivity contribution in [3.8, 4) is 0 Å². The van der Waals surface area contributed by atoms with Crippen LogP contribution in [0.4, 0.5) is 0 Å². The Hall–Kier alpha value is -1.81. The largest absolute Gasteiger partial charge is 0.323 e. The lowest BCUT2D eigenvalue weighted by atomic mass is 10.2. The van der Waals surface area contributed by atoms with E-state index >= 15 is 0 Å². The van der Waals surface area contributed by atoms with Gasteiger partial charge in [-0.25, -0.2) is 5.06 Å². The van der Waals surface area contributed by atoms with Gasteiger partial charge in [0.15, 0.2) is 0 Å². The highest BCUT2D eigenvalue weighted by atomic mass is 16.7. The number of carbonyl (C=O) groups excluding carboxylic acids is 1. The molecule has 0 spiro atoms. The van der Waals surface area contributed by atoms with Crippen molar-refractivity contribution in [3.05, 3.63) is 42.2 Å². The molecule has 0 atom stereocenters. The summed E-state index contributed by atoms with van der Waals surface area (Å²) in [5.74, 6) is -0.159. The van der Waals surface area contributed by atoms with Crippen molar-refractivity contribution < 1.29 is 9.63 Å². The van der Waals surface area contributed by atoms with Crippen molar-refractivity contribution in [1.29, 1.82) is 0 Å². The Morgan fingerprint density at radius 3 is 2.93 bits per heavy atom. The van der Waals surface area contributed by atoms with Gasteiger partial charge >= 0.3 is 0 Å². The highest BCUT2D eigenvalue weighted by molar-refractivity contribution is 5.93. The van der Waals surface area contributed by atoms with Gasteiger partial charge in [0.25, 0.3) is 5.91 Å². The third kappa shape index (κ3) is 1.71. The summed E-state index contributed by atoms with van der Waals surface area (Å²) >= 11 is 0. The van der Waals surface area contributed by atoms with Crippen LogP contribution in [0.1, 0.15) is 10.4 Å². The smallest absolute Gasteiger partial charge is 0.278 e. The fourth-order valence-corrected chi connectivity index (χ4v) is 1.42. The Morgan fingerprint density at radius 2 is 2.20 bits per heavy atom. The fourth-order valence-electron chi connectivity index (χ4n) is 1.42. The number of rotatable bonds is 2. The average Bonchev–Trinajstić information content (AvgIpc) is 2.73. The Morgan fingerprint density at radius 1 is 1.40 bits per heavy atom. The van der Waals surface area contributed by atoms with Crippen molar-refractivity contribution >= 4 is 11.4 Å². The number of carbonyl (C=O) groups is 1. The van der Waals surface area contributed by atoms with Crippen LogP contribution in [-0.2, 0) is 4.84 Å². The van der Waals surface area contributed by atoms with Crippen LogP contribution in [0.2, 0.25) is 0 Å². The Balaban J connectivity index is 2.39. The second-order valence-corrected chi connectivity index (χ2v) is 3.24. The lowest BCUT2D eigenvalue weighted by molar-refractivity contribution is -0.0757. The molecule has 0 saturated heterocycles. The van der Waals surface area contributed by atoms with Crippen molar-refractivity contribution in [3.63, 3.8) is 0 Å². The minimum Gasteiger partial charge on any atom is -0.323 e. The topological polar surface area (TPSA) is 34.0 Å². The van der Waals surface area contributed by atoms with Crippen molar-refractivity contribution in [1.82, 2.24) is 9.46 Å². The summed E-state index contributed by atoms with van der Waals surface area (Å²) in [5.41, 5.74) is 1.66. The molecule has 0 aliphatic rings. The van der Waals surface area contributed by atoms with Crippen LogP contribution in [0.25, 0.3) is 5.52 Å². The van der Waals surface area contributed by atoms with Crippen molar-refractivity contribution in [2.45, 2.75) is 0 Å². The summed E-state index contributed by atoms with van der Waals surface area (Å²) in [5, 5.41) is 1.20. The highest BCUT2D eigenvalue weighted by Crippen LogP contribution is 2.09. The molecule has 0 saturated carbocycles. The van der Waals surface area contributed by atoms with Gasteiger partial charge in [0, 0.05) is 25.0 Å². The average molecular weight is 204 g/mol. The number of fused-ring (bicyclic) bond motifs is 1.